The molecule has 3 atom stereocenters. The van der Waals surface area contributed by atoms with Crippen LogP contribution in [0.5, 0.6) is 0 Å². The molecule has 1 aromatic carbocycles. The van der Waals surface area contributed by atoms with E-state index >= 15 is 0 Å². The maximum atomic E-state index is 12.7. The topological polar surface area (TPSA) is 154 Å². The van der Waals surface area contributed by atoms with Crippen LogP contribution >= 0.6 is 0 Å². The molecule has 1 fully saturated rings. The van der Waals surface area contributed by atoms with Crippen molar-refractivity contribution in [1.29, 1.82) is 0 Å². The average Bonchev–Trinajstić information content (AvgIpc) is 3.28. The summed E-state index contributed by atoms with van der Waals surface area (Å²) in [5.74, 6) is -0.341. The Kier molecular flexibility index (Phi) is 5.72. The van der Waals surface area contributed by atoms with Gasteiger partial charge in [0, 0.05) is 18.0 Å². The summed E-state index contributed by atoms with van der Waals surface area (Å²) in [6.45, 7) is 3.09. The maximum absolute atomic E-state index is 12.7. The number of carbonyl (C=O) groups is 1. The zero-order valence-corrected chi connectivity index (χ0v) is 17.1. The number of imidazole rings is 1. The number of fused-ring (bicyclic) bond motifs is 1. The van der Waals surface area contributed by atoms with Gasteiger partial charge < -0.3 is 20.3 Å². The molecule has 11 nitrogen and oxygen atoms in total. The van der Waals surface area contributed by atoms with E-state index in [2.05, 4.69) is 25.6 Å². The standard InChI is InChI=1S/C20H24N6O5/c1-10(2)17(29)24-19-23-16-15(18(30)25-19)22-20(21-11-6-4-3-5-7-11)26(16)14-8-12(28)13(9-27)31-14/h3-7,10,12-14,27-28H,8-9H2,1-2H3,(H,21,22)(H2,23,24,25,29,30)/t12-,13+,14+/m0/s1. The van der Waals surface area contributed by atoms with Crippen molar-refractivity contribution in [2.45, 2.75) is 38.7 Å². The predicted molar refractivity (Wildman–Crippen MR) is 113 cm³/mol. The minimum atomic E-state index is -0.890. The van der Waals surface area contributed by atoms with E-state index in [1.807, 2.05) is 30.3 Å². The molecular weight excluding hydrogens is 404 g/mol. The lowest BCUT2D eigenvalue weighted by Gasteiger charge is -2.17. The summed E-state index contributed by atoms with van der Waals surface area (Å²) in [6, 6.07) is 9.22. The molecular formula is C20H24N6O5. The Labute approximate surface area is 177 Å². The number of carbonyl (C=O) groups excluding carboxylic acids is 1. The minimum absolute atomic E-state index is 0.0131. The Morgan fingerprint density at radius 2 is 2.06 bits per heavy atom. The van der Waals surface area contributed by atoms with Gasteiger partial charge >= 0.3 is 0 Å². The van der Waals surface area contributed by atoms with E-state index in [1.54, 1.807) is 18.4 Å². The number of nitrogens with zero attached hydrogens (tertiary/aromatic N) is 3. The van der Waals surface area contributed by atoms with Crippen LogP contribution in [0.15, 0.2) is 35.1 Å². The fourth-order valence-electron chi connectivity index (χ4n) is 3.35. The normalized spacial score (nSPS) is 21.0. The second kappa shape index (κ2) is 8.46. The Hall–Kier alpha value is -3.28. The molecule has 0 spiro atoms. The van der Waals surface area contributed by atoms with Crippen LogP contribution in [0.3, 0.4) is 0 Å². The molecule has 164 valence electrons. The minimum Gasteiger partial charge on any atom is -0.394 e. The number of benzene rings is 1. The van der Waals surface area contributed by atoms with Gasteiger partial charge in [0.05, 0.1) is 12.7 Å². The third kappa shape index (κ3) is 4.15. The van der Waals surface area contributed by atoms with Crippen molar-refractivity contribution in [2.24, 2.45) is 5.92 Å². The fraction of sp³-hybridized carbons (Fsp3) is 0.400. The molecule has 3 aromatic rings. The monoisotopic (exact) mass is 428 g/mol. The zero-order chi connectivity index (χ0) is 22.1. The number of rotatable bonds is 6. The average molecular weight is 428 g/mol. The van der Waals surface area contributed by atoms with Gasteiger partial charge in [-0.2, -0.15) is 4.98 Å². The molecule has 3 heterocycles. The number of hydrogen-bond acceptors (Lipinski definition) is 8. The van der Waals surface area contributed by atoms with Crippen molar-refractivity contribution in [2.75, 3.05) is 17.2 Å². The van der Waals surface area contributed by atoms with Crippen LogP contribution in [0.2, 0.25) is 0 Å². The van der Waals surface area contributed by atoms with Crippen molar-refractivity contribution in [3.63, 3.8) is 0 Å². The smallest absolute Gasteiger partial charge is 0.280 e. The van der Waals surface area contributed by atoms with Gasteiger partial charge in [-0.15, -0.1) is 0 Å². The third-order valence-corrected chi connectivity index (χ3v) is 5.02. The molecule has 0 unspecified atom stereocenters. The zero-order valence-electron chi connectivity index (χ0n) is 17.1. The summed E-state index contributed by atoms with van der Waals surface area (Å²) >= 11 is 0. The molecule has 0 saturated carbocycles. The van der Waals surface area contributed by atoms with Gasteiger partial charge in [0.15, 0.2) is 11.2 Å². The van der Waals surface area contributed by atoms with Crippen molar-refractivity contribution < 1.29 is 19.7 Å². The highest BCUT2D eigenvalue weighted by Crippen LogP contribution is 2.34. The first kappa shape index (κ1) is 21.0. The predicted octanol–water partition coefficient (Wildman–Crippen LogP) is 1.10. The van der Waals surface area contributed by atoms with Gasteiger partial charge in [0.1, 0.15) is 12.3 Å². The number of H-pyrrole nitrogens is 1. The first-order valence-electron chi connectivity index (χ1n) is 9.97. The highest BCUT2D eigenvalue weighted by molar-refractivity contribution is 5.91. The van der Waals surface area contributed by atoms with Crippen LogP contribution < -0.4 is 16.2 Å². The Bertz CT molecular complexity index is 1140. The Morgan fingerprint density at radius 1 is 1.32 bits per heavy atom. The quantitative estimate of drug-likeness (QED) is 0.391. The van der Waals surface area contributed by atoms with E-state index in [1.165, 1.54) is 0 Å². The lowest BCUT2D eigenvalue weighted by atomic mass is 10.2. The summed E-state index contributed by atoms with van der Waals surface area (Å²) < 4.78 is 7.35. The first-order valence-corrected chi connectivity index (χ1v) is 9.97. The second-order valence-corrected chi connectivity index (χ2v) is 7.64. The second-order valence-electron chi connectivity index (χ2n) is 7.64. The van der Waals surface area contributed by atoms with E-state index in [9.17, 15) is 19.8 Å². The maximum Gasteiger partial charge on any atom is 0.280 e. The largest absolute Gasteiger partial charge is 0.394 e. The van der Waals surface area contributed by atoms with E-state index in [0.717, 1.165) is 5.69 Å². The van der Waals surface area contributed by atoms with Crippen molar-refractivity contribution in [1.82, 2.24) is 19.5 Å². The van der Waals surface area contributed by atoms with Crippen LogP contribution in [0.25, 0.3) is 11.2 Å². The molecule has 1 aliphatic rings. The van der Waals surface area contributed by atoms with Crippen LogP contribution in [-0.4, -0.2) is 54.5 Å². The Balaban J connectivity index is 1.83. The molecule has 5 N–H and O–H groups in total. The summed E-state index contributed by atoms with van der Waals surface area (Å²) in [5.41, 5.74) is 0.417. The van der Waals surface area contributed by atoms with E-state index in [4.69, 9.17) is 4.74 Å². The Morgan fingerprint density at radius 3 is 2.71 bits per heavy atom. The van der Waals surface area contributed by atoms with Crippen LogP contribution in [0.4, 0.5) is 17.6 Å². The van der Waals surface area contributed by atoms with Gasteiger partial charge in [0.2, 0.25) is 17.8 Å². The fourth-order valence-corrected chi connectivity index (χ4v) is 3.35. The number of aliphatic hydroxyl groups is 2. The molecule has 11 heteroatoms. The highest BCUT2D eigenvalue weighted by Gasteiger charge is 2.37. The number of amides is 1. The lowest BCUT2D eigenvalue weighted by molar-refractivity contribution is -0.118. The van der Waals surface area contributed by atoms with Crippen molar-refractivity contribution in [3.05, 3.63) is 40.7 Å². The van der Waals surface area contributed by atoms with Crippen molar-refractivity contribution in [3.8, 4) is 0 Å². The number of aliphatic hydroxyl groups excluding tert-OH is 2. The van der Waals surface area contributed by atoms with Gasteiger partial charge in [-0.05, 0) is 12.1 Å². The number of ether oxygens (including phenoxy) is 1. The van der Waals surface area contributed by atoms with Crippen LogP contribution in [0.1, 0.15) is 26.5 Å². The molecule has 31 heavy (non-hydrogen) atoms. The molecule has 4 rings (SSSR count). The molecule has 1 saturated heterocycles. The number of hydrogen-bond donors (Lipinski definition) is 5. The van der Waals surface area contributed by atoms with E-state index in [-0.39, 0.29) is 47.9 Å². The van der Waals surface area contributed by atoms with E-state index in [0.29, 0.717) is 0 Å². The number of para-hydroxylation sites is 1. The molecule has 0 aliphatic carbocycles. The number of anilines is 3. The van der Waals surface area contributed by atoms with E-state index < -0.39 is 24.0 Å². The summed E-state index contributed by atoms with van der Waals surface area (Å²) in [5, 5.41) is 25.4. The lowest BCUT2D eigenvalue weighted by Crippen LogP contribution is -2.24. The third-order valence-electron chi connectivity index (χ3n) is 5.02. The molecule has 1 aliphatic heterocycles. The summed E-state index contributed by atoms with van der Waals surface area (Å²) in [4.78, 5) is 36.1. The number of nitrogens with one attached hydrogen (secondary N) is 3. The molecule has 2 aromatic heterocycles. The molecule has 0 radical (unpaired) electrons. The number of aromatic amines is 1. The van der Waals surface area contributed by atoms with Gasteiger partial charge in [-0.1, -0.05) is 32.0 Å². The van der Waals surface area contributed by atoms with Gasteiger partial charge in [-0.3, -0.25) is 24.5 Å². The van der Waals surface area contributed by atoms with Gasteiger partial charge in [-0.25, -0.2) is 4.98 Å². The molecule has 1 amide bonds. The number of aromatic nitrogens is 4. The summed E-state index contributed by atoms with van der Waals surface area (Å²) in [6.07, 6.45) is -2.22. The van der Waals surface area contributed by atoms with Crippen LogP contribution in [-0.2, 0) is 9.53 Å². The first-order chi connectivity index (χ1) is 14.9. The van der Waals surface area contributed by atoms with Crippen LogP contribution in [0, 0.1) is 5.92 Å². The molecule has 0 bridgehead atoms. The van der Waals surface area contributed by atoms with Crippen molar-refractivity contribution >= 4 is 34.7 Å². The van der Waals surface area contributed by atoms with Gasteiger partial charge in [0.25, 0.3) is 5.56 Å². The highest BCUT2D eigenvalue weighted by atomic mass is 16.5. The summed E-state index contributed by atoms with van der Waals surface area (Å²) in [7, 11) is 0. The SMILES string of the molecule is CC(C)C(=O)Nc1nc2c(nc(Nc3ccccc3)n2[C@H]2C[C@H](O)[C@@H](CO)O2)c(=O)[nH]1.